The molecule has 122 valence electrons. The van der Waals surface area contributed by atoms with Crippen LogP contribution in [0.25, 0.3) is 5.57 Å². The summed E-state index contributed by atoms with van der Waals surface area (Å²) in [5.74, 6) is -0.384. The molecular formula is C18H23N3O2. The van der Waals surface area contributed by atoms with Crippen molar-refractivity contribution in [3.05, 3.63) is 40.6 Å². The van der Waals surface area contributed by atoms with Gasteiger partial charge in [0.25, 0.3) is 11.8 Å². The van der Waals surface area contributed by atoms with Crippen LogP contribution >= 0.6 is 0 Å². The maximum absolute atomic E-state index is 12.7. The van der Waals surface area contributed by atoms with E-state index in [9.17, 15) is 9.59 Å². The minimum absolute atomic E-state index is 0.186. The van der Waals surface area contributed by atoms with Crippen molar-refractivity contribution in [2.75, 3.05) is 40.3 Å². The van der Waals surface area contributed by atoms with Crippen molar-refractivity contribution < 1.29 is 9.59 Å². The zero-order valence-corrected chi connectivity index (χ0v) is 14.2. The number of rotatable bonds is 2. The van der Waals surface area contributed by atoms with Crippen molar-refractivity contribution in [1.29, 1.82) is 0 Å². The van der Waals surface area contributed by atoms with E-state index in [1.165, 1.54) is 4.90 Å². The first-order chi connectivity index (χ1) is 10.9. The molecule has 2 aliphatic heterocycles. The van der Waals surface area contributed by atoms with Crippen LogP contribution in [-0.4, -0.2) is 66.8 Å². The van der Waals surface area contributed by atoms with Crippen LogP contribution in [0.1, 0.15) is 16.7 Å². The SMILES string of the molecule is Cc1ccc(C2=C(N3CCN(C)CC3)C(=O)N(C)C2=O)c(C)c1. The van der Waals surface area contributed by atoms with Crippen molar-refractivity contribution in [3.8, 4) is 0 Å². The van der Waals surface area contributed by atoms with E-state index in [4.69, 9.17) is 0 Å². The third kappa shape index (κ3) is 2.65. The van der Waals surface area contributed by atoms with Crippen LogP contribution in [0.3, 0.4) is 0 Å². The number of hydrogen-bond acceptors (Lipinski definition) is 4. The largest absolute Gasteiger partial charge is 0.364 e. The molecule has 1 fully saturated rings. The Hall–Kier alpha value is -2.14. The highest BCUT2D eigenvalue weighted by atomic mass is 16.2. The second-order valence-electron chi connectivity index (χ2n) is 6.50. The molecule has 0 N–H and O–H groups in total. The summed E-state index contributed by atoms with van der Waals surface area (Å²) >= 11 is 0. The first kappa shape index (κ1) is 15.7. The number of amides is 2. The van der Waals surface area contributed by atoms with Gasteiger partial charge in [-0.15, -0.1) is 0 Å². The Bertz CT molecular complexity index is 700. The molecule has 0 spiro atoms. The standard InChI is InChI=1S/C18H23N3O2/c1-12-5-6-14(13(2)11-12)15-16(18(23)20(4)17(15)22)21-9-7-19(3)8-10-21/h5-6,11H,7-10H2,1-4H3. The molecule has 1 saturated heterocycles. The lowest BCUT2D eigenvalue weighted by Gasteiger charge is -2.34. The minimum atomic E-state index is -0.198. The molecule has 0 aromatic heterocycles. The smallest absolute Gasteiger partial charge is 0.277 e. The van der Waals surface area contributed by atoms with Gasteiger partial charge in [0.05, 0.1) is 5.57 Å². The second-order valence-corrected chi connectivity index (χ2v) is 6.50. The highest BCUT2D eigenvalue weighted by Crippen LogP contribution is 2.33. The number of aryl methyl sites for hydroxylation is 2. The van der Waals surface area contributed by atoms with Gasteiger partial charge in [-0.1, -0.05) is 23.8 Å². The Balaban J connectivity index is 2.10. The van der Waals surface area contributed by atoms with Gasteiger partial charge in [0.2, 0.25) is 0 Å². The number of likely N-dealkylation sites (N-methyl/N-ethyl adjacent to an activating group) is 2. The average molecular weight is 313 g/mol. The van der Waals surface area contributed by atoms with Crippen LogP contribution in [0.5, 0.6) is 0 Å². The topological polar surface area (TPSA) is 43.9 Å². The maximum Gasteiger partial charge on any atom is 0.277 e. The summed E-state index contributed by atoms with van der Waals surface area (Å²) in [5, 5.41) is 0. The Kier molecular flexibility index (Phi) is 3.98. The van der Waals surface area contributed by atoms with Gasteiger partial charge in [-0.25, -0.2) is 0 Å². The van der Waals surface area contributed by atoms with Crippen molar-refractivity contribution in [3.63, 3.8) is 0 Å². The molecule has 0 bridgehead atoms. The molecule has 5 heteroatoms. The average Bonchev–Trinajstić information content (AvgIpc) is 2.73. The van der Waals surface area contributed by atoms with E-state index in [0.29, 0.717) is 11.3 Å². The van der Waals surface area contributed by atoms with Crippen LogP contribution in [-0.2, 0) is 9.59 Å². The fraction of sp³-hybridized carbons (Fsp3) is 0.444. The molecule has 0 saturated carbocycles. The third-order valence-corrected chi connectivity index (χ3v) is 4.73. The summed E-state index contributed by atoms with van der Waals surface area (Å²) in [4.78, 5) is 30.9. The summed E-state index contributed by atoms with van der Waals surface area (Å²) in [6, 6.07) is 6.01. The van der Waals surface area contributed by atoms with Gasteiger partial charge in [-0.3, -0.25) is 14.5 Å². The second kappa shape index (κ2) is 5.81. The molecule has 0 atom stereocenters. The molecule has 1 aromatic rings. The quantitative estimate of drug-likeness (QED) is 0.771. The predicted octanol–water partition coefficient (Wildman–Crippen LogP) is 1.26. The van der Waals surface area contributed by atoms with Gasteiger partial charge in [-0.2, -0.15) is 0 Å². The highest BCUT2D eigenvalue weighted by molar-refractivity contribution is 6.35. The fourth-order valence-electron chi connectivity index (χ4n) is 3.29. The third-order valence-electron chi connectivity index (χ3n) is 4.73. The summed E-state index contributed by atoms with van der Waals surface area (Å²) in [6.07, 6.45) is 0. The fourth-order valence-corrected chi connectivity index (χ4v) is 3.29. The molecule has 0 radical (unpaired) electrons. The zero-order chi connectivity index (χ0) is 16.7. The van der Waals surface area contributed by atoms with Gasteiger partial charge in [0.15, 0.2) is 0 Å². The molecule has 1 aromatic carbocycles. The van der Waals surface area contributed by atoms with Crippen molar-refractivity contribution in [2.45, 2.75) is 13.8 Å². The van der Waals surface area contributed by atoms with Gasteiger partial charge >= 0.3 is 0 Å². The number of piperazine rings is 1. The lowest BCUT2D eigenvalue weighted by molar-refractivity contribution is -0.136. The monoisotopic (exact) mass is 313 g/mol. The van der Waals surface area contributed by atoms with Crippen molar-refractivity contribution in [1.82, 2.24) is 14.7 Å². The van der Waals surface area contributed by atoms with E-state index in [0.717, 1.165) is 42.9 Å². The van der Waals surface area contributed by atoms with Gasteiger partial charge < -0.3 is 9.80 Å². The zero-order valence-electron chi connectivity index (χ0n) is 14.2. The van der Waals surface area contributed by atoms with E-state index >= 15 is 0 Å². The summed E-state index contributed by atoms with van der Waals surface area (Å²) in [5.41, 5.74) is 4.17. The summed E-state index contributed by atoms with van der Waals surface area (Å²) in [7, 11) is 3.64. The van der Waals surface area contributed by atoms with Crippen molar-refractivity contribution in [2.24, 2.45) is 0 Å². The molecule has 2 aliphatic rings. The number of hydrogen-bond donors (Lipinski definition) is 0. The van der Waals surface area contributed by atoms with E-state index in [2.05, 4.69) is 22.9 Å². The Morgan fingerprint density at radius 1 is 0.913 bits per heavy atom. The lowest BCUT2D eigenvalue weighted by atomic mass is 9.97. The Morgan fingerprint density at radius 2 is 1.57 bits per heavy atom. The maximum atomic E-state index is 12.7. The molecule has 0 aliphatic carbocycles. The molecule has 5 nitrogen and oxygen atoms in total. The highest BCUT2D eigenvalue weighted by Gasteiger charge is 2.40. The van der Waals surface area contributed by atoms with Crippen molar-refractivity contribution >= 4 is 17.4 Å². The molecule has 2 heterocycles. The lowest BCUT2D eigenvalue weighted by Crippen LogP contribution is -2.45. The molecule has 2 amide bonds. The van der Waals surface area contributed by atoms with E-state index in [1.807, 2.05) is 26.0 Å². The number of carbonyl (C=O) groups excluding carboxylic acids is 2. The van der Waals surface area contributed by atoms with E-state index in [-0.39, 0.29) is 11.8 Å². The molecule has 23 heavy (non-hydrogen) atoms. The van der Waals surface area contributed by atoms with Gasteiger partial charge in [-0.05, 0) is 32.0 Å². The summed E-state index contributed by atoms with van der Waals surface area (Å²) in [6.45, 7) is 7.36. The molecule has 3 rings (SSSR count). The normalized spacial score (nSPS) is 20.0. The van der Waals surface area contributed by atoms with Crippen LogP contribution in [0, 0.1) is 13.8 Å². The predicted molar refractivity (Wildman–Crippen MR) is 89.7 cm³/mol. The number of imide groups is 1. The van der Waals surface area contributed by atoms with Gasteiger partial charge in [0.1, 0.15) is 5.70 Å². The number of nitrogens with zero attached hydrogens (tertiary/aromatic N) is 3. The van der Waals surface area contributed by atoms with Gasteiger partial charge in [0, 0.05) is 33.2 Å². The van der Waals surface area contributed by atoms with Crippen LogP contribution < -0.4 is 0 Å². The van der Waals surface area contributed by atoms with Crippen LogP contribution in [0.2, 0.25) is 0 Å². The first-order valence-electron chi connectivity index (χ1n) is 7.98. The minimum Gasteiger partial charge on any atom is -0.364 e. The summed E-state index contributed by atoms with van der Waals surface area (Å²) < 4.78 is 0. The van der Waals surface area contributed by atoms with E-state index in [1.54, 1.807) is 7.05 Å². The molecule has 0 unspecified atom stereocenters. The van der Waals surface area contributed by atoms with Crippen LogP contribution in [0.15, 0.2) is 23.9 Å². The van der Waals surface area contributed by atoms with Crippen LogP contribution in [0.4, 0.5) is 0 Å². The number of benzene rings is 1. The Labute approximate surface area is 137 Å². The first-order valence-corrected chi connectivity index (χ1v) is 7.98. The molecular weight excluding hydrogens is 290 g/mol. The number of carbonyl (C=O) groups is 2. The van der Waals surface area contributed by atoms with E-state index < -0.39 is 0 Å². The Morgan fingerprint density at radius 3 is 2.17 bits per heavy atom.